The summed E-state index contributed by atoms with van der Waals surface area (Å²) < 4.78 is 9.96. The van der Waals surface area contributed by atoms with Crippen LogP contribution in [-0.4, -0.2) is 54.0 Å². The minimum absolute atomic E-state index is 0.129. The monoisotopic (exact) mass is 261 g/mol. The number of aliphatic hydroxyl groups excluding tert-OH is 1. The highest BCUT2D eigenvalue weighted by molar-refractivity contribution is 5.71. The summed E-state index contributed by atoms with van der Waals surface area (Å²) in [5.74, 6) is -0.0609. The molecule has 0 unspecified atom stereocenters. The summed E-state index contributed by atoms with van der Waals surface area (Å²) in [7, 11) is 0. The molecule has 2 heterocycles. The lowest BCUT2D eigenvalue weighted by Crippen LogP contribution is -2.53. The molecule has 18 heavy (non-hydrogen) atoms. The van der Waals surface area contributed by atoms with Crippen molar-refractivity contribution in [1.82, 2.24) is 9.98 Å². The van der Waals surface area contributed by atoms with Gasteiger partial charge in [0.1, 0.15) is 11.6 Å². The third-order valence-electron chi connectivity index (χ3n) is 2.70. The van der Waals surface area contributed by atoms with Crippen LogP contribution in [0.4, 0.5) is 0 Å². The SMILES string of the molecule is CC(C)C(=O)OCCOn1on1N1CC(CO)C1. The maximum atomic E-state index is 11.1. The zero-order valence-corrected chi connectivity index (χ0v) is 10.6. The van der Waals surface area contributed by atoms with Crippen molar-refractivity contribution in [1.29, 1.82) is 0 Å². The van der Waals surface area contributed by atoms with Gasteiger partial charge in [0.2, 0.25) is 0 Å². The Bertz CT molecular complexity index is 374. The van der Waals surface area contributed by atoms with Crippen molar-refractivity contribution in [3.8, 4) is 0 Å². The lowest BCUT2D eigenvalue weighted by molar-refractivity contribution is -0.149. The Morgan fingerprint density at radius 3 is 2.78 bits per heavy atom. The van der Waals surface area contributed by atoms with Gasteiger partial charge < -0.3 is 14.7 Å². The molecule has 1 aromatic rings. The van der Waals surface area contributed by atoms with Gasteiger partial charge in [-0.1, -0.05) is 13.8 Å². The summed E-state index contributed by atoms with van der Waals surface area (Å²) in [6.45, 7) is 5.68. The molecule has 0 bridgehead atoms. The number of esters is 1. The van der Waals surface area contributed by atoms with Crippen molar-refractivity contribution < 1.29 is 24.1 Å². The van der Waals surface area contributed by atoms with E-state index in [2.05, 4.69) is 0 Å². The van der Waals surface area contributed by atoms with Gasteiger partial charge in [0.05, 0.1) is 5.92 Å². The lowest BCUT2D eigenvalue weighted by atomic mass is 10.0. The van der Waals surface area contributed by atoms with Crippen molar-refractivity contribution in [2.75, 3.05) is 37.9 Å². The van der Waals surface area contributed by atoms with E-state index >= 15 is 0 Å². The average Bonchev–Trinajstić information content (AvgIpc) is 3.02. The fraction of sp³-hybridized carbons (Fsp3) is 0.900. The maximum Gasteiger partial charge on any atom is 0.308 e. The molecule has 104 valence electrons. The quantitative estimate of drug-likeness (QED) is 0.504. The highest BCUT2D eigenvalue weighted by Crippen LogP contribution is 2.14. The van der Waals surface area contributed by atoms with Crippen LogP contribution in [0.3, 0.4) is 0 Å². The average molecular weight is 261 g/mol. The van der Waals surface area contributed by atoms with Crippen LogP contribution >= 0.6 is 0 Å². The first-order valence-corrected chi connectivity index (χ1v) is 6.05. The molecule has 1 fully saturated rings. The van der Waals surface area contributed by atoms with Crippen LogP contribution in [-0.2, 0) is 9.53 Å². The normalized spacial score (nSPS) is 16.1. The molecule has 1 aliphatic heterocycles. The second-order valence-electron chi connectivity index (χ2n) is 4.65. The Kier molecular flexibility index (Phi) is 3.85. The molecule has 0 amide bonds. The summed E-state index contributed by atoms with van der Waals surface area (Å²) in [6, 6.07) is 0. The molecule has 0 saturated carbocycles. The first-order chi connectivity index (χ1) is 8.61. The van der Waals surface area contributed by atoms with E-state index in [0.29, 0.717) is 5.92 Å². The molecule has 0 spiro atoms. The second kappa shape index (κ2) is 5.38. The molecule has 0 radical (unpaired) electrons. The van der Waals surface area contributed by atoms with Gasteiger partial charge in [0.25, 0.3) is 0 Å². The Morgan fingerprint density at radius 2 is 2.17 bits per heavy atom. The number of hydrogen-bond donors (Lipinski definition) is 1. The Labute approximate surface area is 104 Å². The Morgan fingerprint density at radius 1 is 1.44 bits per heavy atom. The number of ether oxygens (including phenoxy) is 1. The summed E-state index contributed by atoms with van der Waals surface area (Å²) in [4.78, 5) is 17.8. The highest BCUT2D eigenvalue weighted by Gasteiger charge is 2.33. The van der Waals surface area contributed by atoms with Gasteiger partial charge in [0, 0.05) is 30.6 Å². The van der Waals surface area contributed by atoms with Gasteiger partial charge >= 0.3 is 5.97 Å². The third kappa shape index (κ3) is 3.00. The van der Waals surface area contributed by atoms with Gasteiger partial charge in [0.15, 0.2) is 6.61 Å². The van der Waals surface area contributed by atoms with Crippen LogP contribution in [0.1, 0.15) is 13.8 Å². The molecule has 1 saturated heterocycles. The second-order valence-corrected chi connectivity index (χ2v) is 4.65. The highest BCUT2D eigenvalue weighted by atomic mass is 17.0. The van der Waals surface area contributed by atoms with Gasteiger partial charge in [-0.25, -0.2) is 0 Å². The van der Waals surface area contributed by atoms with Gasteiger partial charge in [-0.15, -0.1) is 0 Å². The van der Waals surface area contributed by atoms with Gasteiger partial charge in [-0.05, 0) is 0 Å². The van der Waals surface area contributed by atoms with E-state index in [1.807, 2.05) is 5.01 Å². The predicted octanol–water partition coefficient (Wildman–Crippen LogP) is -0.929. The standard InChI is InChI=1S/C10H19N3O5/c1-8(2)10(15)16-3-4-17-13-12(18-13)11-5-9(6-11)7-14/h8-9,14H,3-7H2,1-2H3. The number of hydrogen-bond acceptors (Lipinski definition) is 6. The fourth-order valence-electron chi connectivity index (χ4n) is 1.50. The number of nitrogens with zero attached hydrogens (tertiary/aromatic N) is 3. The van der Waals surface area contributed by atoms with E-state index < -0.39 is 0 Å². The molecule has 0 atom stereocenters. The summed E-state index contributed by atoms with van der Waals surface area (Å²) >= 11 is 0. The molecular formula is C10H19N3O5. The van der Waals surface area contributed by atoms with Crippen molar-refractivity contribution in [2.45, 2.75) is 13.8 Å². The van der Waals surface area contributed by atoms with Crippen LogP contribution in [0.15, 0.2) is 4.63 Å². The van der Waals surface area contributed by atoms with Crippen molar-refractivity contribution in [3.05, 3.63) is 0 Å². The molecule has 1 aliphatic rings. The number of carbonyl (C=O) groups excluding carboxylic acids is 1. The largest absolute Gasteiger partial charge is 0.462 e. The Hall–Kier alpha value is -1.57. The minimum Gasteiger partial charge on any atom is -0.462 e. The molecule has 1 aromatic heterocycles. The first kappa shape index (κ1) is 12.9. The number of aliphatic hydroxyl groups is 1. The first-order valence-electron chi connectivity index (χ1n) is 6.05. The molecule has 0 aromatic carbocycles. The molecule has 0 aliphatic carbocycles. The zero-order valence-electron chi connectivity index (χ0n) is 10.6. The van der Waals surface area contributed by atoms with Crippen LogP contribution < -0.4 is 9.85 Å². The molecule has 2 rings (SSSR count). The number of aromatic nitrogens is 2. The summed E-state index contributed by atoms with van der Waals surface area (Å²) in [5.41, 5.74) is 0. The topological polar surface area (TPSA) is 82.0 Å². The van der Waals surface area contributed by atoms with Crippen molar-refractivity contribution >= 4 is 5.97 Å². The van der Waals surface area contributed by atoms with Crippen LogP contribution in [0.2, 0.25) is 0 Å². The fourth-order valence-corrected chi connectivity index (χ4v) is 1.50. The van der Waals surface area contributed by atoms with Gasteiger partial charge in [-0.2, -0.15) is 4.63 Å². The van der Waals surface area contributed by atoms with Gasteiger partial charge in [-0.3, -0.25) is 9.80 Å². The number of rotatable bonds is 7. The van der Waals surface area contributed by atoms with Crippen molar-refractivity contribution in [3.63, 3.8) is 0 Å². The molecule has 1 N–H and O–H groups in total. The number of carbonyl (C=O) groups is 1. The molecular weight excluding hydrogens is 242 g/mol. The predicted molar refractivity (Wildman–Crippen MR) is 60.5 cm³/mol. The van der Waals surface area contributed by atoms with E-state index in [-0.39, 0.29) is 31.7 Å². The smallest absolute Gasteiger partial charge is 0.308 e. The van der Waals surface area contributed by atoms with E-state index in [1.54, 1.807) is 13.8 Å². The van der Waals surface area contributed by atoms with E-state index in [9.17, 15) is 4.79 Å². The maximum absolute atomic E-state index is 11.1. The van der Waals surface area contributed by atoms with Crippen LogP contribution in [0.25, 0.3) is 0 Å². The van der Waals surface area contributed by atoms with E-state index in [1.165, 1.54) is 9.98 Å². The lowest BCUT2D eigenvalue weighted by Gasteiger charge is -2.34. The zero-order chi connectivity index (χ0) is 13.1. The minimum atomic E-state index is -0.240. The van der Waals surface area contributed by atoms with Crippen LogP contribution in [0, 0.1) is 11.8 Å². The van der Waals surface area contributed by atoms with Crippen molar-refractivity contribution in [2.24, 2.45) is 11.8 Å². The molecule has 8 nitrogen and oxygen atoms in total. The van der Waals surface area contributed by atoms with Crippen LogP contribution in [0.5, 0.6) is 0 Å². The molecule has 8 heteroatoms. The van der Waals surface area contributed by atoms with E-state index in [4.69, 9.17) is 19.3 Å². The summed E-state index contributed by atoms with van der Waals surface area (Å²) in [5, 5.41) is 12.0. The van der Waals surface area contributed by atoms with E-state index in [0.717, 1.165) is 13.1 Å². The Balaban J connectivity index is 1.55. The summed E-state index contributed by atoms with van der Waals surface area (Å²) in [6.07, 6.45) is 0. The third-order valence-corrected chi connectivity index (χ3v) is 2.70.